The number of rotatable bonds is 5. The molecule has 0 aliphatic heterocycles. The lowest BCUT2D eigenvalue weighted by Gasteiger charge is -2.22. The number of carbonyl (C=O) groups excluding carboxylic acids is 2. The monoisotopic (exact) mass is 238 g/mol. The number of amides is 2. The van der Waals surface area contributed by atoms with Gasteiger partial charge in [-0.2, -0.15) is 4.98 Å². The normalized spacial score (nSPS) is 9.94. The lowest BCUT2D eigenvalue weighted by Crippen LogP contribution is -2.40. The Morgan fingerprint density at radius 3 is 2.29 bits per heavy atom. The first-order chi connectivity index (χ1) is 7.90. The highest BCUT2D eigenvalue weighted by molar-refractivity contribution is 5.84. The minimum atomic E-state index is -0.595. The number of primary amides is 2. The number of nitrogen functional groups attached to an aromatic ring is 1. The number of aromatic nitrogens is 2. The second-order valence-electron chi connectivity index (χ2n) is 3.52. The molecule has 8 heteroatoms. The summed E-state index contributed by atoms with van der Waals surface area (Å²) in [7, 11) is 0. The van der Waals surface area contributed by atoms with Crippen LogP contribution < -0.4 is 22.1 Å². The molecule has 0 saturated heterocycles. The molecule has 0 saturated carbocycles. The Kier molecular flexibility index (Phi) is 3.81. The van der Waals surface area contributed by atoms with Crippen LogP contribution in [-0.4, -0.2) is 34.9 Å². The molecule has 2 amide bonds. The number of nitrogens with zero attached hydrogens (tertiary/aromatic N) is 3. The van der Waals surface area contributed by atoms with Crippen molar-refractivity contribution in [2.75, 3.05) is 23.7 Å². The molecule has 1 heterocycles. The molecule has 0 radical (unpaired) electrons. The molecule has 0 unspecified atom stereocenters. The number of carbonyl (C=O) groups is 2. The summed E-state index contributed by atoms with van der Waals surface area (Å²) in [6, 6.07) is 0. The van der Waals surface area contributed by atoms with Gasteiger partial charge in [-0.15, -0.1) is 0 Å². The van der Waals surface area contributed by atoms with Crippen molar-refractivity contribution < 1.29 is 9.59 Å². The molecule has 1 aromatic rings. The van der Waals surface area contributed by atoms with E-state index in [0.717, 1.165) is 0 Å². The molecule has 1 rings (SSSR count). The highest BCUT2D eigenvalue weighted by Crippen LogP contribution is 2.16. The van der Waals surface area contributed by atoms with Gasteiger partial charge in [-0.1, -0.05) is 0 Å². The van der Waals surface area contributed by atoms with Crippen molar-refractivity contribution in [2.45, 2.75) is 6.92 Å². The van der Waals surface area contributed by atoms with Crippen molar-refractivity contribution in [1.29, 1.82) is 0 Å². The molecular formula is C9H14N6O2. The third-order valence-corrected chi connectivity index (χ3v) is 1.96. The van der Waals surface area contributed by atoms with E-state index in [2.05, 4.69) is 9.97 Å². The van der Waals surface area contributed by atoms with Crippen LogP contribution in [0.3, 0.4) is 0 Å². The second-order valence-corrected chi connectivity index (χ2v) is 3.52. The number of hydrogen-bond donors (Lipinski definition) is 3. The Balaban J connectivity index is 3.06. The summed E-state index contributed by atoms with van der Waals surface area (Å²) in [5, 5.41) is 0. The van der Waals surface area contributed by atoms with Crippen LogP contribution in [0.15, 0.2) is 6.20 Å². The van der Waals surface area contributed by atoms with Crippen molar-refractivity contribution in [3.05, 3.63) is 11.8 Å². The van der Waals surface area contributed by atoms with Gasteiger partial charge in [0.2, 0.25) is 17.8 Å². The fourth-order valence-electron chi connectivity index (χ4n) is 1.35. The Bertz CT molecular complexity index is 431. The third kappa shape index (κ3) is 3.59. The summed E-state index contributed by atoms with van der Waals surface area (Å²) < 4.78 is 0. The van der Waals surface area contributed by atoms with E-state index < -0.39 is 11.8 Å². The van der Waals surface area contributed by atoms with Gasteiger partial charge in [0.1, 0.15) is 5.82 Å². The van der Waals surface area contributed by atoms with Crippen LogP contribution >= 0.6 is 0 Å². The average molecular weight is 238 g/mol. The van der Waals surface area contributed by atoms with E-state index >= 15 is 0 Å². The predicted molar refractivity (Wildman–Crippen MR) is 61.8 cm³/mol. The van der Waals surface area contributed by atoms with Crippen molar-refractivity contribution >= 4 is 23.6 Å². The van der Waals surface area contributed by atoms with E-state index in [1.54, 1.807) is 6.92 Å². The zero-order valence-corrected chi connectivity index (χ0v) is 9.38. The Morgan fingerprint density at radius 2 is 1.82 bits per heavy atom. The van der Waals surface area contributed by atoms with Gasteiger partial charge in [-0.3, -0.25) is 9.59 Å². The molecule has 0 aromatic carbocycles. The van der Waals surface area contributed by atoms with Gasteiger partial charge in [-0.25, -0.2) is 4.98 Å². The number of aryl methyl sites for hydroxylation is 1. The molecule has 1 aromatic heterocycles. The first-order valence-electron chi connectivity index (χ1n) is 4.81. The van der Waals surface area contributed by atoms with Crippen LogP contribution in [0.25, 0.3) is 0 Å². The molecular weight excluding hydrogens is 224 g/mol. The quantitative estimate of drug-likeness (QED) is 0.549. The van der Waals surface area contributed by atoms with Crippen LogP contribution in [0.1, 0.15) is 5.56 Å². The second kappa shape index (κ2) is 5.10. The first-order valence-corrected chi connectivity index (χ1v) is 4.81. The summed E-state index contributed by atoms with van der Waals surface area (Å²) in [5.41, 5.74) is 16.3. The molecule has 17 heavy (non-hydrogen) atoms. The molecule has 0 aliphatic rings. The molecule has 92 valence electrons. The molecule has 0 bridgehead atoms. The highest BCUT2D eigenvalue weighted by atomic mass is 16.2. The van der Waals surface area contributed by atoms with E-state index in [1.807, 2.05) is 0 Å². The highest BCUT2D eigenvalue weighted by Gasteiger charge is 2.16. The maximum atomic E-state index is 10.9. The van der Waals surface area contributed by atoms with Gasteiger partial charge in [0.15, 0.2) is 0 Å². The van der Waals surface area contributed by atoms with E-state index in [4.69, 9.17) is 17.2 Å². The van der Waals surface area contributed by atoms with Gasteiger partial charge in [0.05, 0.1) is 13.1 Å². The van der Waals surface area contributed by atoms with Gasteiger partial charge < -0.3 is 22.1 Å². The van der Waals surface area contributed by atoms with Crippen molar-refractivity contribution in [3.63, 3.8) is 0 Å². The summed E-state index contributed by atoms with van der Waals surface area (Å²) >= 11 is 0. The Labute approximate surface area is 97.8 Å². The van der Waals surface area contributed by atoms with Crippen LogP contribution in [0.4, 0.5) is 11.8 Å². The van der Waals surface area contributed by atoms with Gasteiger partial charge in [0, 0.05) is 11.8 Å². The maximum Gasteiger partial charge on any atom is 0.237 e. The summed E-state index contributed by atoms with van der Waals surface area (Å²) in [5.74, 6) is -0.773. The van der Waals surface area contributed by atoms with Crippen LogP contribution in [-0.2, 0) is 9.59 Å². The van der Waals surface area contributed by atoms with E-state index in [0.29, 0.717) is 11.4 Å². The lowest BCUT2D eigenvalue weighted by molar-refractivity contribution is -0.117. The maximum absolute atomic E-state index is 10.9. The molecule has 0 spiro atoms. The van der Waals surface area contributed by atoms with Crippen molar-refractivity contribution in [1.82, 2.24) is 9.97 Å². The van der Waals surface area contributed by atoms with Crippen LogP contribution in [0.2, 0.25) is 0 Å². The zero-order chi connectivity index (χ0) is 13.0. The molecule has 6 N–H and O–H groups in total. The van der Waals surface area contributed by atoms with E-state index in [1.165, 1.54) is 11.1 Å². The third-order valence-electron chi connectivity index (χ3n) is 1.96. The van der Waals surface area contributed by atoms with Crippen molar-refractivity contribution in [3.8, 4) is 0 Å². The number of nitrogens with two attached hydrogens (primary N) is 3. The SMILES string of the molecule is Cc1cnc(N)nc1N(CC(N)=O)CC(N)=O. The fraction of sp³-hybridized carbons (Fsp3) is 0.333. The fourth-order valence-corrected chi connectivity index (χ4v) is 1.35. The predicted octanol–water partition coefficient (Wildman–Crippen LogP) is -1.86. The van der Waals surface area contributed by atoms with E-state index in [9.17, 15) is 9.59 Å². The molecule has 0 fully saturated rings. The molecule has 0 aliphatic carbocycles. The van der Waals surface area contributed by atoms with Gasteiger partial charge >= 0.3 is 0 Å². The lowest BCUT2D eigenvalue weighted by atomic mass is 10.3. The largest absolute Gasteiger partial charge is 0.368 e. The summed E-state index contributed by atoms with van der Waals surface area (Å²) in [6.07, 6.45) is 1.49. The number of anilines is 2. The van der Waals surface area contributed by atoms with Crippen LogP contribution in [0, 0.1) is 6.92 Å². The minimum Gasteiger partial charge on any atom is -0.368 e. The average Bonchev–Trinajstić information content (AvgIpc) is 2.19. The zero-order valence-electron chi connectivity index (χ0n) is 9.38. The minimum absolute atomic E-state index is 0.0459. The molecule has 0 atom stereocenters. The standard InChI is InChI=1S/C9H14N6O2/c1-5-2-13-9(12)14-8(5)15(3-6(10)16)4-7(11)17/h2H,3-4H2,1H3,(H2,10,16)(H2,11,17)(H2,12,13,14). The van der Waals surface area contributed by atoms with Gasteiger partial charge in [0.25, 0.3) is 0 Å². The first kappa shape index (κ1) is 12.7. The Morgan fingerprint density at radius 1 is 1.29 bits per heavy atom. The number of hydrogen-bond acceptors (Lipinski definition) is 6. The topological polar surface area (TPSA) is 141 Å². The van der Waals surface area contributed by atoms with Crippen molar-refractivity contribution in [2.24, 2.45) is 11.5 Å². The summed E-state index contributed by atoms with van der Waals surface area (Å²) in [4.78, 5) is 30.9. The van der Waals surface area contributed by atoms with Gasteiger partial charge in [-0.05, 0) is 6.92 Å². The smallest absolute Gasteiger partial charge is 0.237 e. The summed E-state index contributed by atoms with van der Waals surface area (Å²) in [6.45, 7) is 1.39. The van der Waals surface area contributed by atoms with Crippen LogP contribution in [0.5, 0.6) is 0 Å². The molecule has 8 nitrogen and oxygen atoms in total. The Hall–Kier alpha value is -2.38. The van der Waals surface area contributed by atoms with E-state index in [-0.39, 0.29) is 19.0 Å².